The molecule has 0 amide bonds. The van der Waals surface area contributed by atoms with Gasteiger partial charge in [-0.25, -0.2) is 0 Å². The Morgan fingerprint density at radius 2 is 1.50 bits per heavy atom. The molecule has 0 unspecified atom stereocenters. The van der Waals surface area contributed by atoms with E-state index in [0.29, 0.717) is 0 Å². The first-order valence-corrected chi connectivity index (χ1v) is 8.32. The quantitative estimate of drug-likeness (QED) is 0.535. The molecule has 18 heavy (non-hydrogen) atoms. The van der Waals surface area contributed by atoms with E-state index in [-0.39, 0.29) is 0 Å². The Morgan fingerprint density at radius 1 is 0.889 bits per heavy atom. The third-order valence-electron chi connectivity index (χ3n) is 4.29. The molecular weight excluding hydrogens is 220 g/mol. The Bertz CT molecular complexity index is 178. The van der Waals surface area contributed by atoms with Crippen LogP contribution >= 0.6 is 0 Å². The van der Waals surface area contributed by atoms with Crippen LogP contribution in [-0.2, 0) is 0 Å². The molecule has 1 aliphatic rings. The van der Waals surface area contributed by atoms with Crippen molar-refractivity contribution >= 4 is 0 Å². The summed E-state index contributed by atoms with van der Waals surface area (Å²) in [4.78, 5) is 2.71. The van der Waals surface area contributed by atoms with Gasteiger partial charge in [0.2, 0.25) is 0 Å². The molecule has 0 aromatic heterocycles. The second-order valence-corrected chi connectivity index (χ2v) is 5.88. The van der Waals surface area contributed by atoms with Crippen molar-refractivity contribution in [1.82, 2.24) is 4.90 Å². The fourth-order valence-electron chi connectivity index (χ4n) is 2.80. The fraction of sp³-hybridized carbons (Fsp3) is 1.00. The maximum Gasteiger partial charge on any atom is 0.00952 e. The van der Waals surface area contributed by atoms with Crippen LogP contribution in [0.4, 0.5) is 0 Å². The van der Waals surface area contributed by atoms with Gasteiger partial charge in [0.1, 0.15) is 0 Å². The number of rotatable bonds is 12. The van der Waals surface area contributed by atoms with Crippen LogP contribution in [0.2, 0.25) is 0 Å². The molecule has 108 valence electrons. The van der Waals surface area contributed by atoms with E-state index in [1.165, 1.54) is 83.7 Å². The molecule has 1 aliphatic carbocycles. The molecule has 0 heterocycles. The molecule has 0 atom stereocenters. The van der Waals surface area contributed by atoms with E-state index in [1.807, 2.05) is 0 Å². The van der Waals surface area contributed by atoms with Gasteiger partial charge in [0.05, 0.1) is 0 Å². The van der Waals surface area contributed by atoms with Crippen LogP contribution in [0.5, 0.6) is 0 Å². The zero-order valence-corrected chi connectivity index (χ0v) is 12.5. The standard InChI is InChI=1S/C16H34N2/c1-2-3-4-5-6-7-8-14-18(15-10-13-17)16-11-9-12-16/h16H,2-15,17H2,1H3. The van der Waals surface area contributed by atoms with Gasteiger partial charge in [0, 0.05) is 6.04 Å². The molecule has 1 fully saturated rings. The third kappa shape index (κ3) is 6.75. The van der Waals surface area contributed by atoms with Gasteiger partial charge < -0.3 is 10.6 Å². The predicted molar refractivity (Wildman–Crippen MR) is 80.9 cm³/mol. The number of unbranched alkanes of at least 4 members (excludes halogenated alkanes) is 6. The van der Waals surface area contributed by atoms with E-state index in [4.69, 9.17) is 5.73 Å². The van der Waals surface area contributed by atoms with Gasteiger partial charge in [-0.3, -0.25) is 0 Å². The van der Waals surface area contributed by atoms with Gasteiger partial charge in [-0.2, -0.15) is 0 Å². The van der Waals surface area contributed by atoms with Crippen LogP contribution in [0.25, 0.3) is 0 Å². The van der Waals surface area contributed by atoms with Gasteiger partial charge >= 0.3 is 0 Å². The van der Waals surface area contributed by atoms with Crippen LogP contribution in [0.3, 0.4) is 0 Å². The van der Waals surface area contributed by atoms with E-state index in [1.54, 1.807) is 0 Å². The average Bonchev–Trinajstić information content (AvgIpc) is 2.32. The lowest BCUT2D eigenvalue weighted by Crippen LogP contribution is -2.41. The molecule has 0 aromatic carbocycles. The van der Waals surface area contributed by atoms with Crippen molar-refractivity contribution in [1.29, 1.82) is 0 Å². The lowest BCUT2D eigenvalue weighted by molar-refractivity contribution is 0.124. The summed E-state index contributed by atoms with van der Waals surface area (Å²) in [7, 11) is 0. The Kier molecular flexibility index (Phi) is 9.59. The Morgan fingerprint density at radius 3 is 2.06 bits per heavy atom. The molecule has 0 saturated heterocycles. The summed E-state index contributed by atoms with van der Waals surface area (Å²) in [5, 5.41) is 0. The van der Waals surface area contributed by atoms with Crippen molar-refractivity contribution in [3.05, 3.63) is 0 Å². The highest BCUT2D eigenvalue weighted by Crippen LogP contribution is 2.25. The minimum atomic E-state index is 0.847. The summed E-state index contributed by atoms with van der Waals surface area (Å²) in [6.07, 6.45) is 15.4. The Labute approximate surface area is 114 Å². The minimum absolute atomic E-state index is 0.847. The molecule has 2 heteroatoms. The summed E-state index contributed by atoms with van der Waals surface area (Å²) < 4.78 is 0. The predicted octanol–water partition coefficient (Wildman–Crippen LogP) is 3.94. The highest BCUT2D eigenvalue weighted by atomic mass is 15.2. The lowest BCUT2D eigenvalue weighted by atomic mass is 9.91. The minimum Gasteiger partial charge on any atom is -0.330 e. The van der Waals surface area contributed by atoms with Crippen LogP contribution in [0.1, 0.15) is 77.6 Å². The SMILES string of the molecule is CCCCCCCCCN(CCCN)C1CCC1. The highest BCUT2D eigenvalue weighted by Gasteiger charge is 2.23. The lowest BCUT2D eigenvalue weighted by Gasteiger charge is -2.37. The van der Waals surface area contributed by atoms with E-state index in [9.17, 15) is 0 Å². The molecule has 0 bridgehead atoms. The van der Waals surface area contributed by atoms with Crippen LogP contribution in [-0.4, -0.2) is 30.6 Å². The average molecular weight is 254 g/mol. The van der Waals surface area contributed by atoms with Gasteiger partial charge in [0.15, 0.2) is 0 Å². The largest absolute Gasteiger partial charge is 0.330 e. The van der Waals surface area contributed by atoms with E-state index < -0.39 is 0 Å². The summed E-state index contributed by atoms with van der Waals surface area (Å²) in [5.41, 5.74) is 5.63. The molecule has 2 nitrogen and oxygen atoms in total. The van der Waals surface area contributed by atoms with E-state index in [0.717, 1.165) is 12.6 Å². The smallest absolute Gasteiger partial charge is 0.00952 e. The number of hydrogen-bond donors (Lipinski definition) is 1. The van der Waals surface area contributed by atoms with Gasteiger partial charge in [-0.15, -0.1) is 0 Å². The van der Waals surface area contributed by atoms with Gasteiger partial charge in [0.25, 0.3) is 0 Å². The van der Waals surface area contributed by atoms with Gasteiger partial charge in [-0.05, 0) is 45.3 Å². The molecule has 0 aromatic rings. The van der Waals surface area contributed by atoms with Crippen molar-refractivity contribution in [2.45, 2.75) is 83.6 Å². The van der Waals surface area contributed by atoms with Crippen molar-refractivity contribution in [2.24, 2.45) is 5.73 Å². The maximum atomic E-state index is 5.63. The van der Waals surface area contributed by atoms with Crippen molar-refractivity contribution < 1.29 is 0 Å². The van der Waals surface area contributed by atoms with Gasteiger partial charge in [-0.1, -0.05) is 51.9 Å². The van der Waals surface area contributed by atoms with Crippen molar-refractivity contribution in [2.75, 3.05) is 19.6 Å². The first kappa shape index (κ1) is 16.0. The molecule has 0 spiro atoms. The van der Waals surface area contributed by atoms with Crippen molar-refractivity contribution in [3.8, 4) is 0 Å². The first-order chi connectivity index (χ1) is 8.88. The number of nitrogens with zero attached hydrogens (tertiary/aromatic N) is 1. The first-order valence-electron chi connectivity index (χ1n) is 8.32. The molecule has 1 rings (SSSR count). The van der Waals surface area contributed by atoms with E-state index >= 15 is 0 Å². The molecule has 0 radical (unpaired) electrons. The maximum absolute atomic E-state index is 5.63. The zero-order chi connectivity index (χ0) is 13.1. The summed E-state index contributed by atoms with van der Waals surface area (Å²) in [5.74, 6) is 0. The number of hydrogen-bond acceptors (Lipinski definition) is 2. The fourth-order valence-corrected chi connectivity index (χ4v) is 2.80. The van der Waals surface area contributed by atoms with Crippen molar-refractivity contribution in [3.63, 3.8) is 0 Å². The Hall–Kier alpha value is -0.0800. The molecule has 0 aliphatic heterocycles. The highest BCUT2D eigenvalue weighted by molar-refractivity contribution is 4.80. The zero-order valence-electron chi connectivity index (χ0n) is 12.5. The Balaban J connectivity index is 1.98. The second-order valence-electron chi connectivity index (χ2n) is 5.88. The monoisotopic (exact) mass is 254 g/mol. The van der Waals surface area contributed by atoms with Crippen LogP contribution in [0.15, 0.2) is 0 Å². The second kappa shape index (κ2) is 10.8. The summed E-state index contributed by atoms with van der Waals surface area (Å²) in [6, 6.07) is 0.900. The van der Waals surface area contributed by atoms with E-state index in [2.05, 4.69) is 11.8 Å². The van der Waals surface area contributed by atoms with Crippen LogP contribution < -0.4 is 5.73 Å². The number of nitrogens with two attached hydrogens (primary N) is 1. The third-order valence-corrected chi connectivity index (χ3v) is 4.29. The molecule has 1 saturated carbocycles. The molecular formula is C16H34N2. The molecule has 2 N–H and O–H groups in total. The summed E-state index contributed by atoms with van der Waals surface area (Å²) >= 11 is 0. The normalized spacial score (nSPS) is 16.2. The topological polar surface area (TPSA) is 29.3 Å². The van der Waals surface area contributed by atoms with Crippen LogP contribution in [0, 0.1) is 0 Å². The summed E-state index contributed by atoms with van der Waals surface area (Å²) in [6.45, 7) is 5.68.